The van der Waals surface area contributed by atoms with E-state index in [4.69, 9.17) is 16.3 Å². The summed E-state index contributed by atoms with van der Waals surface area (Å²) in [6.07, 6.45) is 0. The number of nitrogens with zero attached hydrogens (tertiary/aromatic N) is 3. The third kappa shape index (κ3) is 5.72. The number of nitro benzene ring substituents is 1. The highest BCUT2D eigenvalue weighted by Gasteiger charge is 2.34. The van der Waals surface area contributed by atoms with Gasteiger partial charge in [0, 0.05) is 61.3 Å². The Hall–Kier alpha value is -3.63. The maximum atomic E-state index is 12.9. The van der Waals surface area contributed by atoms with Crippen LogP contribution in [0.1, 0.15) is 18.5 Å². The molecular weight excluding hydrogens is 474 g/mol. The number of ether oxygens (including phenoxy) is 1. The quantitative estimate of drug-likeness (QED) is 0.341. The molecule has 0 saturated carbocycles. The van der Waals surface area contributed by atoms with Crippen molar-refractivity contribution in [3.63, 3.8) is 0 Å². The molecule has 2 heterocycles. The van der Waals surface area contributed by atoms with Crippen LogP contribution >= 0.6 is 11.6 Å². The first-order valence-corrected chi connectivity index (χ1v) is 11.7. The summed E-state index contributed by atoms with van der Waals surface area (Å²) in [6.45, 7) is 5.10. The fourth-order valence-corrected chi connectivity index (χ4v) is 4.40. The summed E-state index contributed by atoms with van der Waals surface area (Å²) < 4.78 is 5.32. The lowest BCUT2D eigenvalue weighted by atomic mass is 9.95. The molecule has 35 heavy (non-hydrogen) atoms. The average Bonchev–Trinajstić information content (AvgIpc) is 2.85. The van der Waals surface area contributed by atoms with Crippen LogP contribution in [0.15, 0.2) is 59.8 Å². The van der Waals surface area contributed by atoms with Crippen molar-refractivity contribution in [2.24, 2.45) is 0 Å². The summed E-state index contributed by atoms with van der Waals surface area (Å²) >= 11 is 6.02. The van der Waals surface area contributed by atoms with Gasteiger partial charge in [-0.25, -0.2) is 9.59 Å². The van der Waals surface area contributed by atoms with E-state index in [-0.39, 0.29) is 12.3 Å². The number of piperazine rings is 1. The highest BCUT2D eigenvalue weighted by Crippen LogP contribution is 2.29. The van der Waals surface area contributed by atoms with Crippen LogP contribution in [0.4, 0.5) is 16.2 Å². The smallest absolute Gasteiger partial charge is 0.338 e. The molecule has 0 bridgehead atoms. The second-order valence-electron chi connectivity index (χ2n) is 8.23. The Morgan fingerprint density at radius 1 is 1.11 bits per heavy atom. The molecule has 10 nitrogen and oxygen atoms in total. The number of hydrogen-bond donors (Lipinski definition) is 2. The Morgan fingerprint density at radius 3 is 2.37 bits per heavy atom. The third-order valence-electron chi connectivity index (χ3n) is 6.03. The van der Waals surface area contributed by atoms with Crippen molar-refractivity contribution in [1.29, 1.82) is 0 Å². The molecule has 0 radical (unpaired) electrons. The monoisotopic (exact) mass is 499 g/mol. The molecule has 184 valence electrons. The lowest BCUT2D eigenvalue weighted by Crippen LogP contribution is -2.51. The molecule has 0 aliphatic carbocycles. The minimum Gasteiger partial charge on any atom is -0.463 e. The van der Waals surface area contributed by atoms with E-state index in [0.717, 1.165) is 11.3 Å². The fourth-order valence-electron chi connectivity index (χ4n) is 4.27. The topological polar surface area (TPSA) is 117 Å². The highest BCUT2D eigenvalue weighted by molar-refractivity contribution is 6.30. The summed E-state index contributed by atoms with van der Waals surface area (Å²) in [6, 6.07) is 12.4. The molecule has 1 atom stereocenters. The van der Waals surface area contributed by atoms with Crippen molar-refractivity contribution < 1.29 is 19.2 Å². The number of rotatable bonds is 7. The van der Waals surface area contributed by atoms with Crippen LogP contribution in [0.2, 0.25) is 5.02 Å². The van der Waals surface area contributed by atoms with E-state index in [0.29, 0.717) is 49.0 Å². The van der Waals surface area contributed by atoms with Gasteiger partial charge in [-0.15, -0.1) is 0 Å². The number of nitrogens with one attached hydrogen (secondary N) is 2. The maximum absolute atomic E-state index is 12.9. The van der Waals surface area contributed by atoms with Crippen LogP contribution in [0.5, 0.6) is 0 Å². The van der Waals surface area contributed by atoms with E-state index in [1.54, 1.807) is 43.3 Å². The van der Waals surface area contributed by atoms with E-state index in [1.165, 1.54) is 12.1 Å². The molecule has 1 unspecified atom stereocenters. The molecule has 0 aromatic heterocycles. The fraction of sp³-hybridized carbons (Fsp3) is 0.333. The van der Waals surface area contributed by atoms with Crippen LogP contribution in [0, 0.1) is 10.1 Å². The summed E-state index contributed by atoms with van der Waals surface area (Å²) in [7, 11) is 0. The van der Waals surface area contributed by atoms with E-state index < -0.39 is 23.0 Å². The molecule has 2 aliphatic rings. The van der Waals surface area contributed by atoms with Crippen LogP contribution in [-0.2, 0) is 9.53 Å². The Kier molecular flexibility index (Phi) is 7.52. The number of carbonyl (C=O) groups excluding carboxylic acids is 2. The molecule has 2 aromatic rings. The van der Waals surface area contributed by atoms with Gasteiger partial charge in [-0.2, -0.15) is 0 Å². The predicted octanol–water partition coefficient (Wildman–Crippen LogP) is 3.24. The number of nitro groups is 1. The number of esters is 1. The zero-order valence-electron chi connectivity index (χ0n) is 19.2. The van der Waals surface area contributed by atoms with E-state index >= 15 is 0 Å². The van der Waals surface area contributed by atoms with Crippen molar-refractivity contribution in [3.05, 3.63) is 80.5 Å². The molecule has 2 aliphatic heterocycles. The van der Waals surface area contributed by atoms with Crippen molar-refractivity contribution in [3.8, 4) is 0 Å². The van der Waals surface area contributed by atoms with Crippen molar-refractivity contribution >= 4 is 35.0 Å². The predicted molar refractivity (Wildman–Crippen MR) is 131 cm³/mol. The Bertz CT molecular complexity index is 1130. The van der Waals surface area contributed by atoms with Gasteiger partial charge in [0.2, 0.25) is 0 Å². The zero-order valence-corrected chi connectivity index (χ0v) is 20.0. The summed E-state index contributed by atoms with van der Waals surface area (Å²) in [5.74, 6) is -0.487. The first-order chi connectivity index (χ1) is 16.9. The number of amides is 2. The van der Waals surface area contributed by atoms with Gasteiger partial charge in [-0.05, 0) is 36.8 Å². The normalized spacial score (nSPS) is 18.6. The number of anilines is 1. The van der Waals surface area contributed by atoms with Gasteiger partial charge >= 0.3 is 12.0 Å². The lowest BCUT2D eigenvalue weighted by molar-refractivity contribution is -0.384. The van der Waals surface area contributed by atoms with Gasteiger partial charge in [0.15, 0.2) is 0 Å². The molecule has 2 aromatic carbocycles. The van der Waals surface area contributed by atoms with Gasteiger partial charge < -0.3 is 20.3 Å². The van der Waals surface area contributed by atoms with Crippen molar-refractivity contribution in [1.82, 2.24) is 15.5 Å². The van der Waals surface area contributed by atoms with Crippen molar-refractivity contribution in [2.75, 3.05) is 44.2 Å². The van der Waals surface area contributed by atoms with E-state index in [1.807, 2.05) is 0 Å². The Balaban J connectivity index is 1.51. The van der Waals surface area contributed by atoms with Crippen LogP contribution in [0.3, 0.4) is 0 Å². The largest absolute Gasteiger partial charge is 0.463 e. The van der Waals surface area contributed by atoms with Crippen LogP contribution in [0.25, 0.3) is 0 Å². The van der Waals surface area contributed by atoms with Crippen LogP contribution in [-0.4, -0.2) is 61.2 Å². The summed E-state index contributed by atoms with van der Waals surface area (Å²) in [4.78, 5) is 40.2. The summed E-state index contributed by atoms with van der Waals surface area (Å²) in [5.41, 5.74) is 2.58. The second kappa shape index (κ2) is 10.7. The first-order valence-electron chi connectivity index (χ1n) is 11.3. The highest BCUT2D eigenvalue weighted by atomic mass is 35.5. The SMILES string of the molecule is CCOC(=O)C1=C(CN2CCN(c3ccc([N+](=O)[O-])cc3)CC2)NC(=O)NC1c1ccc(Cl)cc1. The van der Waals surface area contributed by atoms with Crippen molar-refractivity contribution in [2.45, 2.75) is 13.0 Å². The van der Waals surface area contributed by atoms with Gasteiger partial charge in [-0.3, -0.25) is 15.0 Å². The Morgan fingerprint density at radius 2 is 1.77 bits per heavy atom. The number of non-ortho nitro benzene ring substituents is 1. The average molecular weight is 500 g/mol. The molecule has 1 fully saturated rings. The molecular formula is C24H26ClN5O5. The first kappa shape index (κ1) is 24.5. The minimum absolute atomic E-state index is 0.0581. The van der Waals surface area contributed by atoms with E-state index in [9.17, 15) is 19.7 Å². The molecule has 4 rings (SSSR count). The number of halogens is 1. The maximum Gasteiger partial charge on any atom is 0.338 e. The summed E-state index contributed by atoms with van der Waals surface area (Å²) in [5, 5.41) is 17.1. The number of carbonyl (C=O) groups is 2. The van der Waals surface area contributed by atoms with Crippen LogP contribution < -0.4 is 15.5 Å². The van der Waals surface area contributed by atoms with Gasteiger partial charge in [0.1, 0.15) is 0 Å². The number of urea groups is 1. The molecule has 2 amide bonds. The third-order valence-corrected chi connectivity index (χ3v) is 6.28. The molecule has 2 N–H and O–H groups in total. The van der Waals surface area contributed by atoms with Gasteiger partial charge in [0.25, 0.3) is 5.69 Å². The van der Waals surface area contributed by atoms with Gasteiger partial charge in [-0.1, -0.05) is 23.7 Å². The van der Waals surface area contributed by atoms with Gasteiger partial charge in [0.05, 0.1) is 23.1 Å². The number of benzene rings is 2. The molecule has 1 saturated heterocycles. The minimum atomic E-state index is -0.656. The van der Waals surface area contributed by atoms with E-state index in [2.05, 4.69) is 20.4 Å². The second-order valence-corrected chi connectivity index (χ2v) is 8.67. The lowest BCUT2D eigenvalue weighted by Gasteiger charge is -2.38. The zero-order chi connectivity index (χ0) is 24.9. The molecule has 11 heteroatoms. The standard InChI is InChI=1S/C24H26ClN5O5/c1-2-35-23(31)21-20(26-24(32)27-22(21)16-3-5-17(25)6-4-16)15-28-11-13-29(14-12-28)18-7-9-19(10-8-18)30(33)34/h3-10,22H,2,11-15H2,1H3,(H2,26,27,32). The molecule has 0 spiro atoms. The number of hydrogen-bond acceptors (Lipinski definition) is 7. The Labute approximate surface area is 207 Å².